The van der Waals surface area contributed by atoms with Crippen LogP contribution in [0.2, 0.25) is 0 Å². The minimum Gasteiger partial charge on any atom is -0.406 e. The fraction of sp³-hybridized carbons (Fsp3) is 0.222. The van der Waals surface area contributed by atoms with Gasteiger partial charge in [-0.2, -0.15) is 0 Å². The second-order valence-electron chi connectivity index (χ2n) is 5.51. The topological polar surface area (TPSA) is 47.0 Å². The van der Waals surface area contributed by atoms with Crippen LogP contribution in [0.1, 0.15) is 11.4 Å². The molecule has 0 aliphatic carbocycles. The second kappa shape index (κ2) is 6.96. The summed E-state index contributed by atoms with van der Waals surface area (Å²) in [5.74, 6) is 1.21. The first-order valence-corrected chi connectivity index (χ1v) is 7.73. The predicted octanol–water partition coefficient (Wildman–Crippen LogP) is 4.49. The molecule has 7 heteroatoms. The maximum atomic E-state index is 12.1. The Bertz CT molecular complexity index is 864. The molecule has 2 aromatic carbocycles. The summed E-state index contributed by atoms with van der Waals surface area (Å²) in [6.07, 6.45) is -4.03. The van der Waals surface area contributed by atoms with Crippen LogP contribution in [-0.4, -0.2) is 22.9 Å². The summed E-state index contributed by atoms with van der Waals surface area (Å²) >= 11 is 0. The minimum atomic E-state index is -4.67. The van der Waals surface area contributed by atoms with Gasteiger partial charge in [0.2, 0.25) is 0 Å². The van der Waals surface area contributed by atoms with Crippen molar-refractivity contribution in [3.63, 3.8) is 0 Å². The summed E-state index contributed by atoms with van der Waals surface area (Å²) in [6, 6.07) is 13.6. The molecule has 0 saturated carbocycles. The minimum absolute atomic E-state index is 0.221. The second-order valence-corrected chi connectivity index (χ2v) is 5.51. The summed E-state index contributed by atoms with van der Waals surface area (Å²) in [5.41, 5.74) is 1.77. The highest BCUT2D eigenvalue weighted by Crippen LogP contribution is 2.23. The Balaban J connectivity index is 1.63. The van der Waals surface area contributed by atoms with Gasteiger partial charge in [-0.25, -0.2) is 9.97 Å². The Morgan fingerprint density at radius 1 is 1.00 bits per heavy atom. The molecule has 0 aliphatic rings. The molecule has 25 heavy (non-hydrogen) atoms. The lowest BCUT2D eigenvalue weighted by atomic mass is 10.1. The molecule has 1 N–H and O–H groups in total. The number of benzene rings is 2. The lowest BCUT2D eigenvalue weighted by Gasteiger charge is -2.11. The molecule has 0 radical (unpaired) electrons. The highest BCUT2D eigenvalue weighted by atomic mass is 19.4. The predicted molar refractivity (Wildman–Crippen MR) is 89.6 cm³/mol. The SMILES string of the molecule is Cc1nc(NCCc2ccc(OC(F)(F)F)cc2)c2ccccc2n1. The van der Waals surface area contributed by atoms with Crippen molar-refractivity contribution >= 4 is 16.7 Å². The van der Waals surface area contributed by atoms with E-state index in [0.717, 1.165) is 22.3 Å². The first-order chi connectivity index (χ1) is 11.9. The Labute approximate surface area is 142 Å². The zero-order valence-electron chi connectivity index (χ0n) is 13.5. The summed E-state index contributed by atoms with van der Waals surface area (Å²) in [7, 11) is 0. The lowest BCUT2D eigenvalue weighted by molar-refractivity contribution is -0.274. The number of rotatable bonds is 5. The van der Waals surface area contributed by atoms with Gasteiger partial charge in [-0.3, -0.25) is 0 Å². The van der Waals surface area contributed by atoms with Gasteiger partial charge < -0.3 is 10.1 Å². The molecule has 4 nitrogen and oxygen atoms in total. The number of nitrogens with one attached hydrogen (secondary N) is 1. The summed E-state index contributed by atoms with van der Waals surface area (Å²) in [5, 5.41) is 4.20. The van der Waals surface area contributed by atoms with E-state index < -0.39 is 6.36 Å². The van der Waals surface area contributed by atoms with E-state index in [1.807, 2.05) is 31.2 Å². The highest BCUT2D eigenvalue weighted by molar-refractivity contribution is 5.88. The number of hydrogen-bond acceptors (Lipinski definition) is 4. The van der Waals surface area contributed by atoms with Crippen LogP contribution in [0.5, 0.6) is 5.75 Å². The van der Waals surface area contributed by atoms with Crippen molar-refractivity contribution in [1.29, 1.82) is 0 Å². The number of aromatic nitrogens is 2. The molecule has 0 unspecified atom stereocenters. The number of para-hydroxylation sites is 1. The van der Waals surface area contributed by atoms with Crippen LogP contribution >= 0.6 is 0 Å². The van der Waals surface area contributed by atoms with E-state index in [4.69, 9.17) is 0 Å². The van der Waals surface area contributed by atoms with E-state index in [0.29, 0.717) is 18.8 Å². The van der Waals surface area contributed by atoms with Crippen molar-refractivity contribution in [3.8, 4) is 5.75 Å². The monoisotopic (exact) mass is 347 g/mol. The van der Waals surface area contributed by atoms with Gasteiger partial charge in [0.1, 0.15) is 17.4 Å². The number of nitrogens with zero attached hydrogens (tertiary/aromatic N) is 2. The van der Waals surface area contributed by atoms with Crippen LogP contribution < -0.4 is 10.1 Å². The molecule has 1 heterocycles. The molecular formula is C18H16F3N3O. The van der Waals surface area contributed by atoms with Gasteiger partial charge in [0.05, 0.1) is 5.52 Å². The van der Waals surface area contributed by atoms with E-state index in [9.17, 15) is 13.2 Å². The number of halogens is 3. The first-order valence-electron chi connectivity index (χ1n) is 7.73. The van der Waals surface area contributed by atoms with Gasteiger partial charge in [0.15, 0.2) is 0 Å². The third-order valence-electron chi connectivity index (χ3n) is 3.58. The van der Waals surface area contributed by atoms with Crippen LogP contribution in [0, 0.1) is 6.92 Å². The van der Waals surface area contributed by atoms with Crippen molar-refractivity contribution in [1.82, 2.24) is 9.97 Å². The normalized spacial score (nSPS) is 11.5. The molecule has 0 amide bonds. The number of alkyl halides is 3. The van der Waals surface area contributed by atoms with Crippen LogP contribution in [0.25, 0.3) is 10.9 Å². The largest absolute Gasteiger partial charge is 0.573 e. The van der Waals surface area contributed by atoms with Crippen LogP contribution in [-0.2, 0) is 6.42 Å². The van der Waals surface area contributed by atoms with Crippen LogP contribution in [0.3, 0.4) is 0 Å². The van der Waals surface area contributed by atoms with Crippen LogP contribution in [0.4, 0.5) is 19.0 Å². The highest BCUT2D eigenvalue weighted by Gasteiger charge is 2.30. The zero-order chi connectivity index (χ0) is 17.9. The fourth-order valence-corrected chi connectivity index (χ4v) is 2.51. The molecule has 130 valence electrons. The maximum Gasteiger partial charge on any atom is 0.573 e. The van der Waals surface area contributed by atoms with E-state index in [1.165, 1.54) is 12.1 Å². The quantitative estimate of drug-likeness (QED) is 0.739. The third kappa shape index (κ3) is 4.59. The molecule has 0 saturated heterocycles. The molecule has 3 aromatic rings. The van der Waals surface area contributed by atoms with Crippen molar-refractivity contribution in [3.05, 3.63) is 59.9 Å². The zero-order valence-corrected chi connectivity index (χ0v) is 13.5. The Morgan fingerprint density at radius 3 is 2.44 bits per heavy atom. The van der Waals surface area contributed by atoms with Crippen molar-refractivity contribution in [2.45, 2.75) is 19.7 Å². The molecular weight excluding hydrogens is 331 g/mol. The first kappa shape index (κ1) is 17.0. The molecule has 1 aromatic heterocycles. The van der Waals surface area contributed by atoms with Gasteiger partial charge >= 0.3 is 6.36 Å². The van der Waals surface area contributed by atoms with Crippen LogP contribution in [0.15, 0.2) is 48.5 Å². The number of ether oxygens (including phenoxy) is 1. The molecule has 3 rings (SSSR count). The van der Waals surface area contributed by atoms with E-state index in [1.54, 1.807) is 12.1 Å². The maximum absolute atomic E-state index is 12.1. The molecule has 0 spiro atoms. The van der Waals surface area contributed by atoms with Gasteiger partial charge in [-0.1, -0.05) is 24.3 Å². The Morgan fingerprint density at radius 2 is 1.72 bits per heavy atom. The van der Waals surface area contributed by atoms with E-state index in [-0.39, 0.29) is 5.75 Å². The Hall–Kier alpha value is -2.83. The third-order valence-corrected chi connectivity index (χ3v) is 3.58. The van der Waals surface area contributed by atoms with Gasteiger partial charge in [-0.15, -0.1) is 13.2 Å². The Kier molecular flexibility index (Phi) is 4.74. The number of anilines is 1. The molecule has 0 atom stereocenters. The van der Waals surface area contributed by atoms with Gasteiger partial charge in [-0.05, 0) is 43.2 Å². The standard InChI is InChI=1S/C18H16F3N3O/c1-12-23-16-5-3-2-4-15(16)17(24-12)22-11-10-13-6-8-14(9-7-13)25-18(19,20)21/h2-9H,10-11H2,1H3,(H,22,23,24). The number of hydrogen-bond donors (Lipinski definition) is 1. The van der Waals surface area contributed by atoms with Crippen molar-refractivity contribution in [2.24, 2.45) is 0 Å². The van der Waals surface area contributed by atoms with E-state index in [2.05, 4.69) is 20.0 Å². The summed E-state index contributed by atoms with van der Waals surface area (Å²) in [4.78, 5) is 8.80. The lowest BCUT2D eigenvalue weighted by Crippen LogP contribution is -2.17. The van der Waals surface area contributed by atoms with Crippen molar-refractivity contribution in [2.75, 3.05) is 11.9 Å². The fourth-order valence-electron chi connectivity index (χ4n) is 2.51. The average Bonchev–Trinajstić information content (AvgIpc) is 2.55. The number of aryl methyl sites for hydroxylation is 1. The average molecular weight is 347 g/mol. The smallest absolute Gasteiger partial charge is 0.406 e. The van der Waals surface area contributed by atoms with E-state index >= 15 is 0 Å². The summed E-state index contributed by atoms with van der Waals surface area (Å²) in [6.45, 7) is 2.43. The molecule has 0 fully saturated rings. The molecule has 0 aliphatic heterocycles. The molecule has 0 bridgehead atoms. The summed E-state index contributed by atoms with van der Waals surface area (Å²) < 4.78 is 40.3. The van der Waals surface area contributed by atoms with Crippen molar-refractivity contribution < 1.29 is 17.9 Å². The van der Waals surface area contributed by atoms with Gasteiger partial charge in [0.25, 0.3) is 0 Å². The number of fused-ring (bicyclic) bond motifs is 1. The van der Waals surface area contributed by atoms with Gasteiger partial charge in [0, 0.05) is 11.9 Å².